The van der Waals surface area contributed by atoms with Crippen LogP contribution in [0.1, 0.15) is 10.6 Å². The van der Waals surface area contributed by atoms with Gasteiger partial charge in [0.1, 0.15) is 17.9 Å². The molecule has 0 atom stereocenters. The number of anilines is 1. The molecular formula is C21H20N6O3. The molecule has 9 nitrogen and oxygen atoms in total. The van der Waals surface area contributed by atoms with Gasteiger partial charge in [0, 0.05) is 37.8 Å². The van der Waals surface area contributed by atoms with Gasteiger partial charge in [-0.25, -0.2) is 4.98 Å². The predicted octanol–water partition coefficient (Wildman–Crippen LogP) is 2.36. The molecule has 0 aliphatic carbocycles. The minimum Gasteiger partial charge on any atom is -0.497 e. The number of rotatable bonds is 4. The molecule has 4 heterocycles. The fraction of sp³-hybridized carbons (Fsp3) is 0.238. The molecule has 0 saturated carbocycles. The third-order valence-corrected chi connectivity index (χ3v) is 5.24. The van der Waals surface area contributed by atoms with E-state index in [2.05, 4.69) is 20.0 Å². The number of amides is 1. The molecule has 1 amide bonds. The SMILES string of the molecule is COc1ccc(-c2cc(N3CCN(C(=O)c4ccco4)CC3)n3ncnc3n2)cc1. The Hall–Kier alpha value is -3.88. The summed E-state index contributed by atoms with van der Waals surface area (Å²) in [5.41, 5.74) is 1.77. The summed E-state index contributed by atoms with van der Waals surface area (Å²) in [6.07, 6.45) is 3.02. The third kappa shape index (κ3) is 3.24. The van der Waals surface area contributed by atoms with Crippen LogP contribution in [0.5, 0.6) is 5.75 Å². The summed E-state index contributed by atoms with van der Waals surface area (Å²) < 4.78 is 12.2. The Kier molecular flexibility index (Phi) is 4.55. The highest BCUT2D eigenvalue weighted by atomic mass is 16.5. The first-order valence-corrected chi connectivity index (χ1v) is 9.66. The number of carbonyl (C=O) groups is 1. The molecule has 0 unspecified atom stereocenters. The zero-order valence-electron chi connectivity index (χ0n) is 16.4. The van der Waals surface area contributed by atoms with Crippen molar-refractivity contribution in [1.82, 2.24) is 24.5 Å². The fourth-order valence-corrected chi connectivity index (χ4v) is 3.63. The van der Waals surface area contributed by atoms with Gasteiger partial charge in [-0.2, -0.15) is 14.6 Å². The first-order chi connectivity index (χ1) is 14.7. The minimum absolute atomic E-state index is 0.0841. The number of aromatic nitrogens is 4. The summed E-state index contributed by atoms with van der Waals surface area (Å²) in [7, 11) is 1.64. The summed E-state index contributed by atoms with van der Waals surface area (Å²) in [6.45, 7) is 2.53. The summed E-state index contributed by atoms with van der Waals surface area (Å²) in [5, 5.41) is 4.34. The number of hydrogen-bond donors (Lipinski definition) is 0. The fourth-order valence-electron chi connectivity index (χ4n) is 3.63. The Morgan fingerprint density at radius 1 is 1.10 bits per heavy atom. The van der Waals surface area contributed by atoms with Crippen molar-refractivity contribution < 1.29 is 13.9 Å². The molecule has 1 saturated heterocycles. The van der Waals surface area contributed by atoms with Crippen LogP contribution in [-0.2, 0) is 0 Å². The first kappa shape index (κ1) is 18.2. The molecule has 1 aromatic carbocycles. The van der Waals surface area contributed by atoms with Crippen molar-refractivity contribution in [2.24, 2.45) is 0 Å². The van der Waals surface area contributed by atoms with Crippen LogP contribution >= 0.6 is 0 Å². The zero-order valence-corrected chi connectivity index (χ0v) is 16.4. The third-order valence-electron chi connectivity index (χ3n) is 5.24. The lowest BCUT2D eigenvalue weighted by Gasteiger charge is -2.35. The Balaban J connectivity index is 1.41. The monoisotopic (exact) mass is 404 g/mol. The van der Waals surface area contributed by atoms with Crippen LogP contribution in [0.2, 0.25) is 0 Å². The van der Waals surface area contributed by atoms with Crippen LogP contribution in [-0.4, -0.2) is 63.7 Å². The average molecular weight is 404 g/mol. The van der Waals surface area contributed by atoms with Gasteiger partial charge >= 0.3 is 0 Å². The van der Waals surface area contributed by atoms with Gasteiger partial charge in [-0.15, -0.1) is 0 Å². The molecule has 4 aromatic rings. The van der Waals surface area contributed by atoms with Gasteiger partial charge in [-0.3, -0.25) is 4.79 Å². The highest BCUT2D eigenvalue weighted by Gasteiger charge is 2.25. The van der Waals surface area contributed by atoms with E-state index in [1.54, 1.807) is 28.7 Å². The summed E-state index contributed by atoms with van der Waals surface area (Å²) in [6, 6.07) is 13.2. The van der Waals surface area contributed by atoms with Crippen LogP contribution in [0.15, 0.2) is 59.5 Å². The van der Waals surface area contributed by atoms with E-state index in [4.69, 9.17) is 9.15 Å². The van der Waals surface area contributed by atoms with E-state index < -0.39 is 0 Å². The number of furan rings is 1. The second-order valence-corrected chi connectivity index (χ2v) is 6.96. The maximum atomic E-state index is 12.5. The first-order valence-electron chi connectivity index (χ1n) is 9.66. The molecule has 9 heteroatoms. The summed E-state index contributed by atoms with van der Waals surface area (Å²) >= 11 is 0. The minimum atomic E-state index is -0.0841. The highest BCUT2D eigenvalue weighted by Crippen LogP contribution is 2.26. The van der Waals surface area contributed by atoms with Gasteiger partial charge in [-0.1, -0.05) is 0 Å². The molecule has 0 radical (unpaired) electrons. The van der Waals surface area contributed by atoms with E-state index in [1.165, 1.54) is 12.6 Å². The maximum Gasteiger partial charge on any atom is 0.289 e. The van der Waals surface area contributed by atoms with E-state index >= 15 is 0 Å². The van der Waals surface area contributed by atoms with Crippen molar-refractivity contribution in [2.75, 3.05) is 38.2 Å². The molecule has 5 rings (SSSR count). The standard InChI is InChI=1S/C21H20N6O3/c1-29-16-6-4-15(5-7-16)17-13-19(27-21(24-17)22-14-23-27)25-8-10-26(11-9-25)20(28)18-3-2-12-30-18/h2-7,12-14H,8-11H2,1H3. The molecule has 30 heavy (non-hydrogen) atoms. The molecule has 1 aliphatic heterocycles. The zero-order chi connectivity index (χ0) is 20.5. The second kappa shape index (κ2) is 7.51. The number of fused-ring (bicyclic) bond motifs is 1. The van der Waals surface area contributed by atoms with E-state index in [0.717, 1.165) is 22.8 Å². The molecular weight excluding hydrogens is 384 g/mol. The van der Waals surface area contributed by atoms with Gasteiger partial charge in [0.2, 0.25) is 0 Å². The normalized spacial score (nSPS) is 14.3. The quantitative estimate of drug-likeness (QED) is 0.516. The van der Waals surface area contributed by atoms with Gasteiger partial charge < -0.3 is 19.0 Å². The van der Waals surface area contributed by atoms with E-state index in [9.17, 15) is 4.79 Å². The van der Waals surface area contributed by atoms with Crippen LogP contribution in [0.4, 0.5) is 5.82 Å². The molecule has 0 bridgehead atoms. The van der Waals surface area contributed by atoms with E-state index in [1.807, 2.05) is 30.3 Å². The number of hydrogen-bond acceptors (Lipinski definition) is 7. The lowest BCUT2D eigenvalue weighted by molar-refractivity contribution is 0.0714. The Labute approximate surface area is 172 Å². The largest absolute Gasteiger partial charge is 0.497 e. The van der Waals surface area contributed by atoms with Gasteiger partial charge in [0.25, 0.3) is 11.7 Å². The Bertz CT molecular complexity index is 1160. The number of methoxy groups -OCH3 is 1. The second-order valence-electron chi connectivity index (χ2n) is 6.96. The summed E-state index contributed by atoms with van der Waals surface area (Å²) in [5.74, 6) is 2.51. The van der Waals surface area contributed by atoms with Crippen LogP contribution in [0, 0.1) is 0 Å². The average Bonchev–Trinajstić information content (AvgIpc) is 3.50. The lowest BCUT2D eigenvalue weighted by atomic mass is 10.1. The van der Waals surface area contributed by atoms with Crippen molar-refractivity contribution in [3.05, 3.63) is 60.8 Å². The van der Waals surface area contributed by atoms with E-state index in [-0.39, 0.29) is 5.91 Å². The van der Waals surface area contributed by atoms with Crippen molar-refractivity contribution in [3.63, 3.8) is 0 Å². The van der Waals surface area contributed by atoms with Crippen LogP contribution < -0.4 is 9.64 Å². The number of ether oxygens (including phenoxy) is 1. The smallest absolute Gasteiger partial charge is 0.289 e. The molecule has 1 fully saturated rings. The van der Waals surface area contributed by atoms with Crippen molar-refractivity contribution in [3.8, 4) is 17.0 Å². The lowest BCUT2D eigenvalue weighted by Crippen LogP contribution is -2.49. The Morgan fingerprint density at radius 3 is 2.60 bits per heavy atom. The number of benzene rings is 1. The topological polar surface area (TPSA) is 89.0 Å². The number of piperazine rings is 1. The maximum absolute atomic E-state index is 12.5. The predicted molar refractivity (Wildman–Crippen MR) is 110 cm³/mol. The molecule has 0 N–H and O–H groups in total. The Morgan fingerprint density at radius 2 is 1.90 bits per heavy atom. The van der Waals surface area contributed by atoms with Crippen LogP contribution in [0.25, 0.3) is 17.0 Å². The van der Waals surface area contributed by atoms with Gasteiger partial charge in [0.15, 0.2) is 5.76 Å². The molecule has 3 aromatic heterocycles. The number of nitrogens with zero attached hydrogens (tertiary/aromatic N) is 6. The molecule has 152 valence electrons. The van der Waals surface area contributed by atoms with Crippen molar-refractivity contribution in [2.45, 2.75) is 0 Å². The van der Waals surface area contributed by atoms with Crippen LogP contribution in [0.3, 0.4) is 0 Å². The molecule has 0 spiro atoms. The highest BCUT2D eigenvalue weighted by molar-refractivity contribution is 5.91. The van der Waals surface area contributed by atoms with Crippen molar-refractivity contribution >= 4 is 17.5 Å². The molecule has 1 aliphatic rings. The van der Waals surface area contributed by atoms with Gasteiger partial charge in [0.05, 0.1) is 19.1 Å². The van der Waals surface area contributed by atoms with E-state index in [0.29, 0.717) is 37.7 Å². The van der Waals surface area contributed by atoms with Crippen molar-refractivity contribution in [1.29, 1.82) is 0 Å². The summed E-state index contributed by atoms with van der Waals surface area (Å²) in [4.78, 5) is 25.5. The van der Waals surface area contributed by atoms with Gasteiger partial charge in [-0.05, 0) is 36.4 Å². The number of carbonyl (C=O) groups excluding carboxylic acids is 1.